The van der Waals surface area contributed by atoms with Gasteiger partial charge in [-0.05, 0) is 31.7 Å². The molecule has 2 N–H and O–H groups in total. The predicted octanol–water partition coefficient (Wildman–Crippen LogP) is 3.73. The SMILES string of the molecule is Cc1ccc2c(c1)C(N)CC(C1CCCCC1)O2. The maximum atomic E-state index is 6.33. The van der Waals surface area contributed by atoms with Gasteiger partial charge in [-0.15, -0.1) is 0 Å². The number of fused-ring (bicyclic) bond motifs is 1. The van der Waals surface area contributed by atoms with Crippen LogP contribution in [0.15, 0.2) is 18.2 Å². The number of aryl methyl sites for hydroxylation is 1. The van der Waals surface area contributed by atoms with E-state index in [4.69, 9.17) is 10.5 Å². The van der Waals surface area contributed by atoms with Gasteiger partial charge in [0.25, 0.3) is 0 Å². The molecule has 2 nitrogen and oxygen atoms in total. The number of benzene rings is 1. The van der Waals surface area contributed by atoms with Crippen molar-refractivity contribution in [3.05, 3.63) is 29.3 Å². The molecule has 0 aromatic heterocycles. The molecule has 1 heterocycles. The lowest BCUT2D eigenvalue weighted by Crippen LogP contribution is -2.36. The highest BCUT2D eigenvalue weighted by atomic mass is 16.5. The molecule has 1 aliphatic heterocycles. The Hall–Kier alpha value is -1.02. The summed E-state index contributed by atoms with van der Waals surface area (Å²) in [6.45, 7) is 2.11. The summed E-state index contributed by atoms with van der Waals surface area (Å²) in [6, 6.07) is 6.55. The van der Waals surface area contributed by atoms with Crippen molar-refractivity contribution < 1.29 is 4.74 Å². The second-order valence-corrected chi connectivity index (χ2v) is 5.94. The third-order valence-electron chi connectivity index (χ3n) is 4.50. The summed E-state index contributed by atoms with van der Waals surface area (Å²) in [4.78, 5) is 0. The van der Waals surface area contributed by atoms with Gasteiger partial charge in [-0.1, -0.05) is 37.0 Å². The lowest BCUT2D eigenvalue weighted by atomic mass is 9.81. The van der Waals surface area contributed by atoms with Gasteiger partial charge in [0.15, 0.2) is 0 Å². The Bertz CT molecular complexity index is 423. The molecule has 2 unspecified atom stereocenters. The van der Waals surface area contributed by atoms with E-state index in [1.807, 2.05) is 0 Å². The molecule has 1 aromatic rings. The van der Waals surface area contributed by atoms with Gasteiger partial charge in [0.2, 0.25) is 0 Å². The lowest BCUT2D eigenvalue weighted by Gasteiger charge is -2.37. The molecule has 0 saturated heterocycles. The van der Waals surface area contributed by atoms with E-state index < -0.39 is 0 Å². The fourth-order valence-corrected chi connectivity index (χ4v) is 3.45. The van der Waals surface area contributed by atoms with Gasteiger partial charge in [-0.2, -0.15) is 0 Å². The maximum Gasteiger partial charge on any atom is 0.124 e. The molecule has 3 rings (SSSR count). The van der Waals surface area contributed by atoms with Crippen LogP contribution < -0.4 is 10.5 Å². The van der Waals surface area contributed by atoms with Crippen LogP contribution in [0.4, 0.5) is 0 Å². The van der Waals surface area contributed by atoms with Crippen molar-refractivity contribution in [1.29, 1.82) is 0 Å². The highest BCUT2D eigenvalue weighted by Crippen LogP contribution is 2.39. The maximum absolute atomic E-state index is 6.33. The molecule has 2 aliphatic rings. The lowest BCUT2D eigenvalue weighted by molar-refractivity contribution is 0.0784. The van der Waals surface area contributed by atoms with Crippen molar-refractivity contribution in [3.63, 3.8) is 0 Å². The first-order valence-electron chi connectivity index (χ1n) is 7.27. The molecule has 98 valence electrons. The van der Waals surface area contributed by atoms with Crippen LogP contribution in [0, 0.1) is 12.8 Å². The first-order valence-corrected chi connectivity index (χ1v) is 7.27. The van der Waals surface area contributed by atoms with Gasteiger partial charge in [0, 0.05) is 18.0 Å². The highest BCUT2D eigenvalue weighted by Gasteiger charge is 2.32. The Kier molecular flexibility index (Phi) is 3.29. The Morgan fingerprint density at radius 3 is 2.72 bits per heavy atom. The van der Waals surface area contributed by atoms with E-state index in [2.05, 4.69) is 25.1 Å². The summed E-state index contributed by atoms with van der Waals surface area (Å²) >= 11 is 0. The number of hydrogen-bond acceptors (Lipinski definition) is 2. The Morgan fingerprint density at radius 2 is 1.94 bits per heavy atom. The highest BCUT2D eigenvalue weighted by molar-refractivity contribution is 5.40. The van der Waals surface area contributed by atoms with Crippen molar-refractivity contribution in [3.8, 4) is 5.75 Å². The van der Waals surface area contributed by atoms with Crippen molar-refractivity contribution in [1.82, 2.24) is 0 Å². The van der Waals surface area contributed by atoms with Gasteiger partial charge in [0.1, 0.15) is 11.9 Å². The molecular weight excluding hydrogens is 222 g/mol. The van der Waals surface area contributed by atoms with Crippen molar-refractivity contribution >= 4 is 0 Å². The molecule has 2 atom stereocenters. The average Bonchev–Trinajstić information content (AvgIpc) is 2.40. The average molecular weight is 245 g/mol. The molecule has 18 heavy (non-hydrogen) atoms. The van der Waals surface area contributed by atoms with Gasteiger partial charge in [0.05, 0.1) is 0 Å². The summed E-state index contributed by atoms with van der Waals surface area (Å²) < 4.78 is 6.22. The van der Waals surface area contributed by atoms with Gasteiger partial charge < -0.3 is 10.5 Å². The number of nitrogens with two attached hydrogens (primary N) is 1. The van der Waals surface area contributed by atoms with E-state index in [1.165, 1.54) is 43.2 Å². The number of hydrogen-bond donors (Lipinski definition) is 1. The molecular formula is C16H23NO. The van der Waals surface area contributed by atoms with Gasteiger partial charge >= 0.3 is 0 Å². The third kappa shape index (κ3) is 2.26. The summed E-state index contributed by atoms with van der Waals surface area (Å²) in [5, 5.41) is 0. The number of rotatable bonds is 1. The molecule has 0 amide bonds. The standard InChI is InChI=1S/C16H23NO/c1-11-7-8-15-13(9-11)14(17)10-16(18-15)12-5-3-2-4-6-12/h7-9,12,14,16H,2-6,10,17H2,1H3. The third-order valence-corrected chi connectivity index (χ3v) is 4.50. The molecule has 0 radical (unpaired) electrons. The first kappa shape index (κ1) is 12.0. The Morgan fingerprint density at radius 1 is 1.17 bits per heavy atom. The second-order valence-electron chi connectivity index (χ2n) is 5.94. The van der Waals surface area contributed by atoms with Crippen LogP contribution in [0.3, 0.4) is 0 Å². The molecule has 0 bridgehead atoms. The summed E-state index contributed by atoms with van der Waals surface area (Å²) in [5.74, 6) is 1.74. The van der Waals surface area contributed by atoms with Crippen molar-refractivity contribution in [2.75, 3.05) is 0 Å². The quantitative estimate of drug-likeness (QED) is 0.818. The van der Waals surface area contributed by atoms with E-state index in [9.17, 15) is 0 Å². The van der Waals surface area contributed by atoms with E-state index >= 15 is 0 Å². The predicted molar refractivity (Wildman–Crippen MR) is 73.7 cm³/mol. The molecule has 2 heteroatoms. The summed E-state index contributed by atoms with van der Waals surface area (Å²) in [6.07, 6.45) is 8.08. The largest absolute Gasteiger partial charge is 0.490 e. The minimum atomic E-state index is 0.153. The van der Waals surface area contributed by atoms with Crippen LogP contribution in [0.2, 0.25) is 0 Å². The zero-order chi connectivity index (χ0) is 12.5. The summed E-state index contributed by atoms with van der Waals surface area (Å²) in [5.41, 5.74) is 8.80. The van der Waals surface area contributed by atoms with E-state index in [1.54, 1.807) is 0 Å². The Labute approximate surface area is 110 Å². The van der Waals surface area contributed by atoms with Gasteiger partial charge in [-0.3, -0.25) is 0 Å². The minimum Gasteiger partial charge on any atom is -0.490 e. The molecule has 0 spiro atoms. The summed E-state index contributed by atoms with van der Waals surface area (Å²) in [7, 11) is 0. The molecule has 1 saturated carbocycles. The van der Waals surface area contributed by atoms with Crippen LogP contribution >= 0.6 is 0 Å². The number of ether oxygens (including phenoxy) is 1. The topological polar surface area (TPSA) is 35.2 Å². The fourth-order valence-electron chi connectivity index (χ4n) is 3.45. The zero-order valence-electron chi connectivity index (χ0n) is 11.2. The van der Waals surface area contributed by atoms with Gasteiger partial charge in [-0.25, -0.2) is 0 Å². The van der Waals surface area contributed by atoms with E-state index in [-0.39, 0.29) is 6.04 Å². The second kappa shape index (κ2) is 4.93. The van der Waals surface area contributed by atoms with Crippen LogP contribution in [0.1, 0.15) is 55.7 Å². The van der Waals surface area contributed by atoms with E-state index in [0.717, 1.165) is 18.1 Å². The smallest absolute Gasteiger partial charge is 0.124 e. The van der Waals surface area contributed by atoms with E-state index in [0.29, 0.717) is 6.10 Å². The van der Waals surface area contributed by atoms with Crippen molar-refractivity contribution in [2.45, 2.75) is 57.6 Å². The normalized spacial score (nSPS) is 28.6. The minimum absolute atomic E-state index is 0.153. The van der Waals surface area contributed by atoms with Crippen LogP contribution in [0.25, 0.3) is 0 Å². The molecule has 1 fully saturated rings. The van der Waals surface area contributed by atoms with Crippen LogP contribution in [-0.4, -0.2) is 6.10 Å². The molecule has 1 aromatic carbocycles. The first-order chi connectivity index (χ1) is 8.74. The molecule has 1 aliphatic carbocycles. The van der Waals surface area contributed by atoms with Crippen LogP contribution in [0.5, 0.6) is 5.75 Å². The Balaban J connectivity index is 1.80. The van der Waals surface area contributed by atoms with Crippen molar-refractivity contribution in [2.24, 2.45) is 11.7 Å². The fraction of sp³-hybridized carbons (Fsp3) is 0.625. The monoisotopic (exact) mass is 245 g/mol. The van der Waals surface area contributed by atoms with Crippen LogP contribution in [-0.2, 0) is 0 Å². The zero-order valence-corrected chi connectivity index (χ0v) is 11.2.